The summed E-state index contributed by atoms with van der Waals surface area (Å²) in [6, 6.07) is 4.58. The van der Waals surface area contributed by atoms with Crippen LogP contribution in [0.1, 0.15) is 51.3 Å². The number of hydrogen-bond donors (Lipinski definition) is 1. The van der Waals surface area contributed by atoms with Crippen molar-refractivity contribution in [1.29, 1.82) is 0 Å². The Morgan fingerprint density at radius 2 is 2.11 bits per heavy atom. The van der Waals surface area contributed by atoms with Gasteiger partial charge in [0.15, 0.2) is 0 Å². The zero-order chi connectivity index (χ0) is 13.3. The molecular weight excluding hydrogens is 224 g/mol. The number of anilines is 1. The second-order valence-corrected chi connectivity index (χ2v) is 5.91. The van der Waals surface area contributed by atoms with Crippen LogP contribution >= 0.6 is 0 Å². The molecule has 2 heterocycles. The quantitative estimate of drug-likeness (QED) is 0.893. The van der Waals surface area contributed by atoms with Crippen LogP contribution in [0.4, 0.5) is 5.82 Å². The third-order valence-corrected chi connectivity index (χ3v) is 3.74. The molecular formula is C15H24N2O. The number of hydrogen-bond acceptors (Lipinski definition) is 3. The maximum atomic E-state index is 9.38. The molecule has 3 nitrogen and oxygen atoms in total. The molecule has 0 saturated carbocycles. The van der Waals surface area contributed by atoms with Crippen molar-refractivity contribution in [3.05, 3.63) is 23.4 Å². The first-order valence-electron chi connectivity index (χ1n) is 6.89. The van der Waals surface area contributed by atoms with Gasteiger partial charge in [-0.3, -0.25) is 0 Å². The van der Waals surface area contributed by atoms with E-state index in [0.717, 1.165) is 29.5 Å². The second-order valence-electron chi connectivity index (χ2n) is 5.91. The predicted octanol–water partition coefficient (Wildman–Crippen LogP) is 2.93. The second kappa shape index (κ2) is 5.27. The fourth-order valence-electron chi connectivity index (χ4n) is 2.75. The van der Waals surface area contributed by atoms with Crippen LogP contribution in [0.25, 0.3) is 0 Å². The molecule has 0 radical (unpaired) electrons. The van der Waals surface area contributed by atoms with Gasteiger partial charge in [-0.15, -0.1) is 0 Å². The molecule has 1 N–H and O–H groups in total. The molecule has 1 saturated heterocycles. The molecule has 0 aliphatic carbocycles. The molecule has 1 aromatic rings. The molecule has 100 valence electrons. The SMILES string of the molecule is CC1CC(C)N(c2cc(CO)cc(C(C)C)n2)C1. The van der Waals surface area contributed by atoms with E-state index < -0.39 is 0 Å². The number of rotatable bonds is 3. The van der Waals surface area contributed by atoms with E-state index in [1.807, 2.05) is 12.1 Å². The third kappa shape index (κ3) is 2.66. The summed E-state index contributed by atoms with van der Waals surface area (Å²) in [5, 5.41) is 9.38. The van der Waals surface area contributed by atoms with Gasteiger partial charge in [-0.05, 0) is 42.9 Å². The molecule has 1 aliphatic heterocycles. The van der Waals surface area contributed by atoms with Crippen molar-refractivity contribution in [3.63, 3.8) is 0 Å². The van der Waals surface area contributed by atoms with E-state index in [0.29, 0.717) is 12.0 Å². The summed E-state index contributed by atoms with van der Waals surface area (Å²) in [4.78, 5) is 7.13. The Bertz CT molecular complexity index is 417. The summed E-state index contributed by atoms with van der Waals surface area (Å²) in [7, 11) is 0. The summed E-state index contributed by atoms with van der Waals surface area (Å²) in [6.07, 6.45) is 1.22. The van der Waals surface area contributed by atoms with Crippen LogP contribution in [0.15, 0.2) is 12.1 Å². The lowest BCUT2D eigenvalue weighted by Gasteiger charge is -2.24. The lowest BCUT2D eigenvalue weighted by Crippen LogP contribution is -2.28. The number of pyridine rings is 1. The van der Waals surface area contributed by atoms with Crippen LogP contribution < -0.4 is 4.90 Å². The third-order valence-electron chi connectivity index (χ3n) is 3.74. The van der Waals surface area contributed by atoms with Gasteiger partial charge in [0, 0.05) is 18.3 Å². The highest BCUT2D eigenvalue weighted by Gasteiger charge is 2.27. The van der Waals surface area contributed by atoms with Crippen molar-refractivity contribution in [2.24, 2.45) is 5.92 Å². The largest absolute Gasteiger partial charge is 0.392 e. The molecule has 2 rings (SSSR count). The zero-order valence-corrected chi connectivity index (χ0v) is 11.8. The molecule has 3 heteroatoms. The summed E-state index contributed by atoms with van der Waals surface area (Å²) in [6.45, 7) is 9.99. The van der Waals surface area contributed by atoms with E-state index in [1.54, 1.807) is 0 Å². The molecule has 1 fully saturated rings. The average molecular weight is 248 g/mol. The first-order valence-corrected chi connectivity index (χ1v) is 6.89. The molecule has 0 aromatic carbocycles. The number of aromatic nitrogens is 1. The van der Waals surface area contributed by atoms with E-state index in [4.69, 9.17) is 4.98 Å². The average Bonchev–Trinajstić information content (AvgIpc) is 2.67. The summed E-state index contributed by atoms with van der Waals surface area (Å²) in [5.41, 5.74) is 2.04. The smallest absolute Gasteiger partial charge is 0.129 e. The van der Waals surface area contributed by atoms with Gasteiger partial charge in [0.1, 0.15) is 5.82 Å². The Balaban J connectivity index is 2.34. The van der Waals surface area contributed by atoms with E-state index in [2.05, 4.69) is 32.6 Å². The first-order chi connectivity index (χ1) is 8.51. The van der Waals surface area contributed by atoms with Crippen LogP contribution in [0.3, 0.4) is 0 Å². The van der Waals surface area contributed by atoms with E-state index in [-0.39, 0.29) is 6.61 Å². The minimum atomic E-state index is 0.0903. The molecule has 2 unspecified atom stereocenters. The van der Waals surface area contributed by atoms with Crippen molar-refractivity contribution in [2.75, 3.05) is 11.4 Å². The van der Waals surface area contributed by atoms with Gasteiger partial charge in [0.25, 0.3) is 0 Å². The molecule has 18 heavy (non-hydrogen) atoms. The lowest BCUT2D eigenvalue weighted by molar-refractivity contribution is 0.281. The number of aliphatic hydroxyl groups excluding tert-OH is 1. The van der Waals surface area contributed by atoms with Gasteiger partial charge >= 0.3 is 0 Å². The Labute approximate surface area is 110 Å². The highest BCUT2D eigenvalue weighted by atomic mass is 16.3. The van der Waals surface area contributed by atoms with E-state index in [1.165, 1.54) is 6.42 Å². The normalized spacial score (nSPS) is 24.0. The Kier molecular flexibility index (Phi) is 3.91. The van der Waals surface area contributed by atoms with Gasteiger partial charge in [-0.2, -0.15) is 0 Å². The summed E-state index contributed by atoms with van der Waals surface area (Å²) < 4.78 is 0. The molecule has 1 aromatic heterocycles. The maximum absolute atomic E-state index is 9.38. The van der Waals surface area contributed by atoms with Crippen molar-refractivity contribution >= 4 is 5.82 Å². The van der Waals surface area contributed by atoms with E-state index in [9.17, 15) is 5.11 Å². The minimum absolute atomic E-state index is 0.0903. The van der Waals surface area contributed by atoms with Gasteiger partial charge < -0.3 is 10.0 Å². The van der Waals surface area contributed by atoms with Crippen LogP contribution in [0.5, 0.6) is 0 Å². The van der Waals surface area contributed by atoms with E-state index >= 15 is 0 Å². The standard InChI is InChI=1S/C15H24N2O/c1-10(2)14-6-13(9-18)7-15(16-14)17-8-11(3)5-12(17)4/h6-7,10-12,18H,5,8-9H2,1-4H3. The Morgan fingerprint density at radius 3 is 2.61 bits per heavy atom. The first kappa shape index (κ1) is 13.3. The fraction of sp³-hybridized carbons (Fsp3) is 0.667. The maximum Gasteiger partial charge on any atom is 0.129 e. The molecule has 2 atom stereocenters. The van der Waals surface area contributed by atoms with Crippen LogP contribution in [0, 0.1) is 5.92 Å². The summed E-state index contributed by atoms with van der Waals surface area (Å²) >= 11 is 0. The van der Waals surface area contributed by atoms with Crippen LogP contribution in [-0.2, 0) is 6.61 Å². The zero-order valence-electron chi connectivity index (χ0n) is 11.8. The van der Waals surface area contributed by atoms with Crippen molar-refractivity contribution < 1.29 is 5.11 Å². The Morgan fingerprint density at radius 1 is 1.39 bits per heavy atom. The van der Waals surface area contributed by atoms with Crippen LogP contribution in [0.2, 0.25) is 0 Å². The lowest BCUT2D eigenvalue weighted by atomic mass is 10.1. The van der Waals surface area contributed by atoms with Crippen molar-refractivity contribution in [2.45, 2.75) is 52.7 Å². The molecule has 1 aliphatic rings. The molecule has 0 spiro atoms. The van der Waals surface area contributed by atoms with Crippen LogP contribution in [-0.4, -0.2) is 22.7 Å². The predicted molar refractivity (Wildman–Crippen MR) is 74.8 cm³/mol. The van der Waals surface area contributed by atoms with Crippen molar-refractivity contribution in [1.82, 2.24) is 4.98 Å². The van der Waals surface area contributed by atoms with Gasteiger partial charge in [0.2, 0.25) is 0 Å². The van der Waals surface area contributed by atoms with Gasteiger partial charge in [-0.1, -0.05) is 20.8 Å². The van der Waals surface area contributed by atoms with Gasteiger partial charge in [0.05, 0.1) is 6.61 Å². The van der Waals surface area contributed by atoms with Gasteiger partial charge in [-0.25, -0.2) is 4.98 Å². The molecule has 0 bridgehead atoms. The number of nitrogens with zero attached hydrogens (tertiary/aromatic N) is 2. The topological polar surface area (TPSA) is 36.4 Å². The monoisotopic (exact) mass is 248 g/mol. The fourth-order valence-corrected chi connectivity index (χ4v) is 2.75. The highest BCUT2D eigenvalue weighted by Crippen LogP contribution is 2.29. The molecule has 0 amide bonds. The highest BCUT2D eigenvalue weighted by molar-refractivity contribution is 5.45. The Hall–Kier alpha value is -1.09. The number of aliphatic hydroxyl groups is 1. The minimum Gasteiger partial charge on any atom is -0.392 e. The summed E-state index contributed by atoms with van der Waals surface area (Å²) in [5.74, 6) is 2.15. The van der Waals surface area contributed by atoms with Crippen molar-refractivity contribution in [3.8, 4) is 0 Å².